The number of nitrogens with zero attached hydrogens (tertiary/aromatic N) is 19. The molecular formula is C92H89Cl4F4N26O11P. The Morgan fingerprint density at radius 2 is 0.797 bits per heavy atom. The average molecular weight is 1980 g/mol. The first kappa shape index (κ1) is 100. The van der Waals surface area contributed by atoms with E-state index in [4.69, 9.17) is 44.8 Å². The Morgan fingerprint density at radius 3 is 1.21 bits per heavy atom. The van der Waals surface area contributed by atoms with E-state index >= 15 is 8.78 Å². The van der Waals surface area contributed by atoms with Gasteiger partial charge >= 0.3 is 41.4 Å². The molecule has 0 aliphatic heterocycles. The van der Waals surface area contributed by atoms with Crippen molar-refractivity contribution < 1.29 is 64.9 Å². The van der Waals surface area contributed by atoms with Crippen LogP contribution < -0.4 is 49.7 Å². The Labute approximate surface area is 803 Å². The zero-order chi connectivity index (χ0) is 98.6. The summed E-state index contributed by atoms with van der Waals surface area (Å²) in [6.45, 7) is 30.4. The van der Waals surface area contributed by atoms with E-state index in [2.05, 4.69) is 174 Å². The zero-order valence-electron chi connectivity index (χ0n) is 75.9. The van der Waals surface area contributed by atoms with E-state index in [1.165, 1.54) is 104 Å². The summed E-state index contributed by atoms with van der Waals surface area (Å²) in [4.78, 5) is 129. The lowest BCUT2D eigenvalue weighted by Gasteiger charge is -2.25. The van der Waals surface area contributed by atoms with E-state index in [0.29, 0.717) is 148 Å². The first-order chi connectivity index (χ1) is 65.1. The van der Waals surface area contributed by atoms with Gasteiger partial charge in [0.2, 0.25) is 5.88 Å². The smallest absolute Gasteiger partial charge is 0.414 e. The lowest BCUT2D eigenvalue weighted by molar-refractivity contribution is 0.0579. The van der Waals surface area contributed by atoms with Crippen molar-refractivity contribution in [2.24, 2.45) is 0 Å². The molecule has 1 aliphatic carbocycles. The van der Waals surface area contributed by atoms with Crippen molar-refractivity contribution >= 4 is 179 Å². The van der Waals surface area contributed by atoms with E-state index in [9.17, 15) is 27.7 Å². The highest BCUT2D eigenvalue weighted by Gasteiger charge is 2.32. The molecule has 13 aromatic heterocycles. The molecule has 13 heterocycles. The highest BCUT2D eigenvalue weighted by Crippen LogP contribution is 2.61. The van der Waals surface area contributed by atoms with Gasteiger partial charge in [0.15, 0.2) is 28.7 Å². The summed E-state index contributed by atoms with van der Waals surface area (Å²) >= 11 is 20.3. The number of hydrogen-bond donors (Lipinski definition) is 7. The van der Waals surface area contributed by atoms with Crippen LogP contribution in [-0.4, -0.2) is 161 Å². The van der Waals surface area contributed by atoms with Gasteiger partial charge in [-0.3, -0.25) is 24.1 Å². The standard InChI is InChI=1S/C29H29FN8O4.C24H25FN6O4.C19H16ClFN6O.C19H15FN6O.CH4.Cl3OP/c1-8-9-19-20(30)10-21(38(7)28(39)42-29(4,5)6)24-22(19)23-25(35-24)36-27(41-18-13-33-16(3)34-14-18)37-26(23)40-17-11-31-15(2)32-12-17;1-7-8-14-15(25)9-16(31(6)23(33)35-24(3,4)5)19-17(14)18-20(28-19)29-22(30-21(18)32)34-13-10-26-12(2)27-11-13;1-4-5-11-12(21)6-13(22-3)16-14(11)15-17(20)26-19(27-18(15)25-16)28-10-7-23-9(2)24-8-10;1-9-22-7-10(8-23-9)27-19-24-13-5-3-4-11-12(20)6-14(21-2)17-15(11)16(13)18(25-17)26-19;;1-5(2,3)4/h8,10-14H,1,9H2,2-7H3,(H,35,36,37);7,9-11H,1,8H2,2-6H3,(H2,28,29,30,32);4,6-8,22H,1,5H2,2-3H3,(H,25,26,27);3,5-8,21H,4H2,1-2H3,(H,24,25,26);1H4;. The van der Waals surface area contributed by atoms with Gasteiger partial charge in [0.05, 0.1) is 134 Å². The van der Waals surface area contributed by atoms with Gasteiger partial charge in [0.1, 0.15) is 91.3 Å². The van der Waals surface area contributed by atoms with E-state index in [0.717, 1.165) is 16.3 Å². The lowest BCUT2D eigenvalue weighted by atomic mass is 10.0. The van der Waals surface area contributed by atoms with E-state index in [1.54, 1.807) is 115 Å². The van der Waals surface area contributed by atoms with Gasteiger partial charge in [-0.05, 0) is 154 Å². The number of rotatable bonds is 20. The molecule has 18 rings (SSSR count). The van der Waals surface area contributed by atoms with Gasteiger partial charge in [0.25, 0.3) is 5.56 Å². The largest absolute Gasteiger partial charge is 0.443 e. The third kappa shape index (κ3) is 22.8. The number of carbonyl (C=O) groups is 2. The molecule has 714 valence electrons. The van der Waals surface area contributed by atoms with Gasteiger partial charge in [-0.1, -0.05) is 43.3 Å². The third-order valence-electron chi connectivity index (χ3n) is 20.0. The fourth-order valence-corrected chi connectivity index (χ4v) is 14.5. The van der Waals surface area contributed by atoms with Gasteiger partial charge in [-0.25, -0.2) is 77.0 Å². The second-order valence-corrected chi connectivity index (χ2v) is 39.1. The Balaban J connectivity index is 0.000000154. The van der Waals surface area contributed by atoms with Gasteiger partial charge in [0, 0.05) is 84.1 Å². The van der Waals surface area contributed by atoms with Gasteiger partial charge < -0.3 is 63.7 Å². The fourth-order valence-electron chi connectivity index (χ4n) is 14.2. The predicted molar refractivity (Wildman–Crippen MR) is 522 cm³/mol. The van der Waals surface area contributed by atoms with Gasteiger partial charge in [-0.15, -0.1) is 19.7 Å². The number of benzene rings is 4. The highest BCUT2D eigenvalue weighted by atomic mass is 36.0. The molecule has 0 fully saturated rings. The number of H-pyrrole nitrogens is 5. The Morgan fingerprint density at radius 1 is 0.457 bits per heavy atom. The number of allylic oxidation sites excluding steroid dienone is 4. The summed E-state index contributed by atoms with van der Waals surface area (Å²) in [5.41, 5.74) is 5.63. The maximum absolute atomic E-state index is 15.8. The lowest BCUT2D eigenvalue weighted by Crippen LogP contribution is -2.34. The molecular weight excluding hydrogens is 1890 g/mol. The minimum Gasteiger partial charge on any atom is -0.443 e. The molecule has 37 nitrogen and oxygen atoms in total. The predicted octanol–water partition coefficient (Wildman–Crippen LogP) is 22.4. The summed E-state index contributed by atoms with van der Waals surface area (Å²) < 4.78 is 110. The molecule has 46 heteroatoms. The molecule has 0 unspecified atom stereocenters. The summed E-state index contributed by atoms with van der Waals surface area (Å²) in [5.74, 6) is 2.92. The second-order valence-electron chi connectivity index (χ2n) is 32.1. The molecule has 0 saturated heterocycles. The van der Waals surface area contributed by atoms with Crippen LogP contribution in [0.5, 0.6) is 58.7 Å². The van der Waals surface area contributed by atoms with E-state index in [1.807, 2.05) is 12.2 Å². The molecule has 0 saturated carbocycles. The van der Waals surface area contributed by atoms with Crippen LogP contribution in [0, 0.1) is 57.9 Å². The number of aromatic amines is 5. The second kappa shape index (κ2) is 41.6. The van der Waals surface area contributed by atoms with Crippen molar-refractivity contribution in [1.29, 1.82) is 0 Å². The highest BCUT2D eigenvalue weighted by molar-refractivity contribution is 8.24. The monoisotopic (exact) mass is 1980 g/mol. The normalized spacial score (nSPS) is 11.6. The minimum absolute atomic E-state index is 0. The summed E-state index contributed by atoms with van der Waals surface area (Å²) in [5, 5.41) is 6.87. The Bertz CT molecular complexity index is 7710. The van der Waals surface area contributed by atoms with E-state index in [-0.39, 0.29) is 112 Å². The number of carbonyl (C=O) groups excluding carboxylic acids is 2. The van der Waals surface area contributed by atoms with Crippen molar-refractivity contribution in [3.63, 3.8) is 0 Å². The number of fused-ring (bicyclic) bond motifs is 9. The number of ether oxygens (including phenoxy) is 7. The minimum atomic E-state index is -3.22. The van der Waals surface area contributed by atoms with Crippen molar-refractivity contribution in [3.8, 4) is 58.7 Å². The molecule has 0 bridgehead atoms. The molecule has 7 N–H and O–H groups in total. The third-order valence-corrected chi connectivity index (χ3v) is 20.3. The maximum Gasteiger partial charge on any atom is 0.414 e. The zero-order valence-corrected chi connectivity index (χ0v) is 79.8. The molecule has 0 spiro atoms. The number of anilines is 4. The molecule has 1 aliphatic rings. The molecule has 2 amide bonds. The first-order valence-electron chi connectivity index (χ1n) is 41.4. The van der Waals surface area contributed by atoms with E-state index < -0.39 is 45.8 Å². The molecule has 0 radical (unpaired) electrons. The molecule has 138 heavy (non-hydrogen) atoms. The molecule has 17 aromatic rings. The quantitative estimate of drug-likeness (QED) is 0.0161. The van der Waals surface area contributed by atoms with Crippen molar-refractivity contribution in [2.75, 3.05) is 48.6 Å². The molecule has 0 atom stereocenters. The summed E-state index contributed by atoms with van der Waals surface area (Å²) in [7, 11) is 6.44. The van der Waals surface area contributed by atoms with Crippen LogP contribution in [0.3, 0.4) is 0 Å². The number of nitrogens with one attached hydrogen (secondary N) is 7. The van der Waals surface area contributed by atoms with Crippen molar-refractivity contribution in [3.05, 3.63) is 226 Å². The number of aromatic nitrogens is 22. The number of amides is 2. The van der Waals surface area contributed by atoms with Gasteiger partial charge in [-0.2, -0.15) is 34.9 Å². The Hall–Kier alpha value is -15.2. The van der Waals surface area contributed by atoms with Crippen molar-refractivity contribution in [1.82, 2.24) is 110 Å². The average Bonchev–Trinajstić information content (AvgIpc) is 1.57. The number of hydrogen-bond acceptors (Lipinski definition) is 30. The SMILES string of the molecule is C.C=CCc1c(F)cc(N(C)C(=O)OC(C)(C)C)c2[nH]c3nc(Oc4cnc(C)nc4)[nH]c(=O)c3c12.C=CCc1c(F)cc(N(C)C(=O)OC(C)(C)C)c2[nH]c3nc(Oc4cnc(C)nc4)nc(Oc4cnc(C)nc4)c3c12.C=CCc1c(F)cc(NC)c2[nH]c3nc(Oc4cnc(C)nc4)nc(Cl)c3c12.CNc1cc(F)c2c3c1[nH]c1nc(Oc4cnc(C)nc4)nc(c13)C=CC2.O=P(Cl)(Cl)Cl. The van der Waals surface area contributed by atoms with Crippen molar-refractivity contribution in [2.45, 2.75) is 120 Å². The Kier molecular flexibility index (Phi) is 30.2. The topological polar surface area (TPSA) is 462 Å². The van der Waals surface area contributed by atoms with Crippen LogP contribution >= 0.6 is 50.5 Å². The first-order valence-corrected chi connectivity index (χ1v) is 46.2. The van der Waals surface area contributed by atoms with Crippen LogP contribution in [0.25, 0.3) is 93.8 Å². The van der Waals surface area contributed by atoms with Crippen LogP contribution in [-0.2, 0) is 39.7 Å². The van der Waals surface area contributed by atoms with Crippen LogP contribution in [0.4, 0.5) is 49.9 Å². The summed E-state index contributed by atoms with van der Waals surface area (Å²) in [6, 6.07) is 5.44. The fraction of sp³-hybridized carbons (Fsp3) is 0.239. The van der Waals surface area contributed by atoms with Crippen LogP contribution in [0.2, 0.25) is 5.15 Å². The van der Waals surface area contributed by atoms with Crippen LogP contribution in [0.1, 0.15) is 106 Å². The van der Waals surface area contributed by atoms with Crippen LogP contribution in [0.15, 0.2) is 135 Å². The number of halogens is 8. The number of aryl methyl sites for hydroxylation is 5. The summed E-state index contributed by atoms with van der Waals surface area (Å²) in [6.07, 6.45) is 23.4. The maximum atomic E-state index is 15.8. The molecule has 4 aromatic carbocycles.